The molecule has 1 saturated heterocycles. The molecule has 2 heterocycles. The first-order chi connectivity index (χ1) is 11.4. The molecule has 1 aliphatic heterocycles. The molecule has 0 aromatic carbocycles. The number of hydrogen-bond donors (Lipinski definition) is 7. The molecule has 14 nitrogen and oxygen atoms in total. The van der Waals surface area contributed by atoms with E-state index in [0.717, 1.165) is 0 Å². The fourth-order valence-electron chi connectivity index (χ4n) is 2.22. The monoisotopic (exact) mass is 384 g/mol. The minimum atomic E-state index is -4.92. The molecule has 0 radical (unpaired) electrons. The number of carbonyl (C=O) groups is 1. The van der Waals surface area contributed by atoms with Crippen LogP contribution in [0.3, 0.4) is 0 Å². The highest BCUT2D eigenvalue weighted by atomic mass is 31.2. The van der Waals surface area contributed by atoms with Gasteiger partial charge in [-0.1, -0.05) is 0 Å². The molecule has 7 N–H and O–H groups in total. The average molecular weight is 384 g/mol. The van der Waals surface area contributed by atoms with Crippen molar-refractivity contribution in [3.8, 4) is 5.88 Å². The van der Waals surface area contributed by atoms with Crippen LogP contribution in [0.5, 0.6) is 5.88 Å². The molecule has 25 heavy (non-hydrogen) atoms. The molecule has 0 unspecified atom stereocenters. The number of carboxylic acids is 1. The molecule has 0 saturated carbocycles. The third-order valence-corrected chi connectivity index (χ3v) is 3.82. The van der Waals surface area contributed by atoms with Crippen molar-refractivity contribution in [1.82, 2.24) is 9.55 Å². The highest BCUT2D eigenvalue weighted by Gasteiger charge is 2.46. The number of nitrogens with zero attached hydrogens (tertiary/aromatic N) is 1. The quantitative estimate of drug-likeness (QED) is 0.247. The van der Waals surface area contributed by atoms with Gasteiger partial charge in [-0.05, 0) is 0 Å². The lowest BCUT2D eigenvalue weighted by Gasteiger charge is -2.19. The van der Waals surface area contributed by atoms with Crippen LogP contribution in [0.2, 0.25) is 0 Å². The number of hydrogen-bond acceptors (Lipinski definition) is 9. The van der Waals surface area contributed by atoms with Crippen LogP contribution < -0.4 is 11.2 Å². The minimum Gasteiger partial charge on any atom is -0.494 e. The summed E-state index contributed by atoms with van der Waals surface area (Å²) in [5.74, 6) is -3.21. The first-order valence-corrected chi connectivity index (χ1v) is 8.00. The molecule has 1 aliphatic rings. The van der Waals surface area contributed by atoms with Crippen molar-refractivity contribution in [2.45, 2.75) is 24.5 Å². The van der Waals surface area contributed by atoms with Crippen LogP contribution in [0.25, 0.3) is 0 Å². The summed E-state index contributed by atoms with van der Waals surface area (Å²) < 4.78 is 20.0. The summed E-state index contributed by atoms with van der Waals surface area (Å²) in [6.07, 6.45) is -7.11. The maximum atomic E-state index is 11.8. The first kappa shape index (κ1) is 19.3. The molecule has 1 aromatic rings. The molecule has 15 heteroatoms. The smallest absolute Gasteiger partial charge is 0.469 e. The van der Waals surface area contributed by atoms with Crippen molar-refractivity contribution < 1.29 is 48.8 Å². The van der Waals surface area contributed by atoms with Crippen molar-refractivity contribution in [2.24, 2.45) is 0 Å². The number of aliphatic hydroxyl groups excluding tert-OH is 2. The van der Waals surface area contributed by atoms with Crippen molar-refractivity contribution in [2.75, 3.05) is 6.61 Å². The number of aromatic nitrogens is 2. The Bertz CT molecular complexity index is 839. The van der Waals surface area contributed by atoms with Crippen LogP contribution in [0.4, 0.5) is 0 Å². The summed E-state index contributed by atoms with van der Waals surface area (Å²) in [6, 6.07) is 0. The van der Waals surface area contributed by atoms with Gasteiger partial charge in [-0.2, -0.15) is 0 Å². The van der Waals surface area contributed by atoms with Gasteiger partial charge in [-0.25, -0.2) is 18.7 Å². The van der Waals surface area contributed by atoms with E-state index in [2.05, 4.69) is 4.52 Å². The van der Waals surface area contributed by atoms with Gasteiger partial charge in [0, 0.05) is 0 Å². The molecule has 1 aromatic heterocycles. The molecule has 0 aliphatic carbocycles. The van der Waals surface area contributed by atoms with Crippen molar-refractivity contribution in [3.05, 3.63) is 26.4 Å². The SMILES string of the molecule is O=C(O)c1c(O)n([C@@H]2O[C@H](COP(=O)(O)O)[C@@H](O)[C@H]2O)c(=O)[nH]c1=O. The summed E-state index contributed by atoms with van der Waals surface area (Å²) in [6.45, 7) is -0.885. The number of aromatic hydroxyl groups is 1. The molecule has 1 fully saturated rings. The fraction of sp³-hybridized carbons (Fsp3) is 0.500. The first-order valence-electron chi connectivity index (χ1n) is 6.46. The van der Waals surface area contributed by atoms with Gasteiger partial charge >= 0.3 is 19.5 Å². The zero-order valence-electron chi connectivity index (χ0n) is 12.0. The van der Waals surface area contributed by atoms with E-state index in [9.17, 15) is 34.3 Å². The average Bonchev–Trinajstić information content (AvgIpc) is 2.72. The Labute approximate surface area is 136 Å². The molecule has 0 spiro atoms. The largest absolute Gasteiger partial charge is 0.494 e. The summed E-state index contributed by atoms with van der Waals surface area (Å²) in [4.78, 5) is 53.1. The Morgan fingerprint density at radius 3 is 2.40 bits per heavy atom. The number of carboxylic acid groups (broad SMARTS) is 1. The van der Waals surface area contributed by atoms with E-state index in [1.54, 1.807) is 4.98 Å². The highest BCUT2D eigenvalue weighted by Crippen LogP contribution is 2.38. The maximum Gasteiger partial charge on any atom is 0.469 e. The van der Waals surface area contributed by atoms with E-state index >= 15 is 0 Å². The Kier molecular flexibility index (Phi) is 5.15. The van der Waals surface area contributed by atoms with E-state index in [-0.39, 0.29) is 4.57 Å². The van der Waals surface area contributed by atoms with Gasteiger partial charge in [0.25, 0.3) is 5.56 Å². The highest BCUT2D eigenvalue weighted by molar-refractivity contribution is 7.46. The van der Waals surface area contributed by atoms with Crippen LogP contribution in [0.15, 0.2) is 9.59 Å². The van der Waals surface area contributed by atoms with Gasteiger partial charge < -0.3 is 34.9 Å². The predicted molar refractivity (Wildman–Crippen MR) is 73.9 cm³/mol. The van der Waals surface area contributed by atoms with Crippen LogP contribution in [-0.4, -0.2) is 70.7 Å². The second-order valence-corrected chi connectivity index (χ2v) is 6.21. The lowest BCUT2D eigenvalue weighted by molar-refractivity contribution is -0.0573. The minimum absolute atomic E-state index is 0.177. The van der Waals surface area contributed by atoms with Crippen LogP contribution in [0.1, 0.15) is 16.6 Å². The van der Waals surface area contributed by atoms with Crippen LogP contribution in [-0.2, 0) is 13.8 Å². The van der Waals surface area contributed by atoms with E-state index in [1.807, 2.05) is 0 Å². The Hall–Kier alpha value is -2.06. The number of phosphoric ester groups is 1. The molecule has 0 bridgehead atoms. The second-order valence-electron chi connectivity index (χ2n) is 4.97. The lowest BCUT2D eigenvalue weighted by atomic mass is 10.1. The molecule has 140 valence electrons. The van der Waals surface area contributed by atoms with Gasteiger partial charge in [-0.3, -0.25) is 14.3 Å². The fourth-order valence-corrected chi connectivity index (χ4v) is 2.56. The number of ether oxygens (including phenoxy) is 1. The third-order valence-electron chi connectivity index (χ3n) is 3.33. The zero-order chi connectivity index (χ0) is 19.1. The number of aromatic carboxylic acids is 1. The van der Waals surface area contributed by atoms with Gasteiger partial charge in [-0.15, -0.1) is 0 Å². The van der Waals surface area contributed by atoms with E-state index in [0.29, 0.717) is 0 Å². The summed E-state index contributed by atoms with van der Waals surface area (Å²) >= 11 is 0. The van der Waals surface area contributed by atoms with Crippen molar-refractivity contribution >= 4 is 13.8 Å². The molecule has 0 amide bonds. The van der Waals surface area contributed by atoms with Gasteiger partial charge in [0.05, 0.1) is 6.61 Å². The Morgan fingerprint density at radius 2 is 1.88 bits per heavy atom. The van der Waals surface area contributed by atoms with Gasteiger partial charge in [0.2, 0.25) is 5.88 Å². The van der Waals surface area contributed by atoms with Gasteiger partial charge in [0.15, 0.2) is 11.8 Å². The number of aromatic amines is 1. The summed E-state index contributed by atoms with van der Waals surface area (Å²) in [5.41, 5.74) is -3.96. The second kappa shape index (κ2) is 6.68. The van der Waals surface area contributed by atoms with E-state index in [4.69, 9.17) is 19.6 Å². The topological polar surface area (TPSA) is 229 Å². The number of H-pyrrole nitrogens is 1. The normalized spacial score (nSPS) is 26.7. The predicted octanol–water partition coefficient (Wildman–Crippen LogP) is -3.33. The Balaban J connectivity index is 2.41. The maximum absolute atomic E-state index is 11.8. The third kappa shape index (κ3) is 3.80. The Morgan fingerprint density at radius 1 is 1.28 bits per heavy atom. The number of rotatable bonds is 5. The van der Waals surface area contributed by atoms with Crippen LogP contribution >= 0.6 is 7.82 Å². The standard InChI is InChI=1S/C10H13N2O12P/c13-4-2(1-23-25(20,21)22)24-8(5(4)14)12-7(16)3(9(17)18)6(15)11-10(12)19/h2,4-5,8,13-14,16H,1H2,(H,17,18)(H,11,15,19)(H2,20,21,22)/t2-,4-,5-,8-/m1/s1. The van der Waals surface area contributed by atoms with E-state index < -0.39 is 67.6 Å². The summed E-state index contributed by atoms with van der Waals surface area (Å²) in [7, 11) is -4.92. The summed E-state index contributed by atoms with van der Waals surface area (Å²) in [5, 5.41) is 38.5. The molecule has 4 atom stereocenters. The number of nitrogens with one attached hydrogen (secondary N) is 1. The number of phosphoric acid groups is 1. The van der Waals surface area contributed by atoms with E-state index in [1.165, 1.54) is 0 Å². The van der Waals surface area contributed by atoms with Crippen LogP contribution in [0, 0.1) is 0 Å². The number of aliphatic hydroxyl groups is 2. The zero-order valence-corrected chi connectivity index (χ0v) is 12.9. The lowest BCUT2D eigenvalue weighted by Crippen LogP contribution is -2.39. The molecular weight excluding hydrogens is 371 g/mol. The van der Waals surface area contributed by atoms with Gasteiger partial charge in [0.1, 0.15) is 18.3 Å². The molecule has 2 rings (SSSR count). The molecular formula is C10H13N2O12P. The van der Waals surface area contributed by atoms with Crippen molar-refractivity contribution in [3.63, 3.8) is 0 Å². The van der Waals surface area contributed by atoms with Crippen molar-refractivity contribution in [1.29, 1.82) is 0 Å².